The molecule has 1 heterocycles. The largest absolute Gasteiger partial charge is 0.349 e. The van der Waals surface area contributed by atoms with E-state index < -0.39 is 0 Å². The molecule has 2 amide bonds. The van der Waals surface area contributed by atoms with E-state index in [0.717, 1.165) is 45.1 Å². The summed E-state index contributed by atoms with van der Waals surface area (Å²) in [5.41, 5.74) is 5.61. The highest BCUT2D eigenvalue weighted by atomic mass is 16.2. The first-order chi connectivity index (χ1) is 10.0. The molecule has 0 aromatic rings. The molecule has 2 unspecified atom stereocenters. The molecule has 3 rings (SSSR count). The summed E-state index contributed by atoms with van der Waals surface area (Å²) < 4.78 is 0. The van der Waals surface area contributed by atoms with Crippen molar-refractivity contribution in [3.8, 4) is 0 Å². The molecule has 118 valence electrons. The van der Waals surface area contributed by atoms with Gasteiger partial charge < -0.3 is 16.0 Å². The van der Waals surface area contributed by atoms with E-state index in [1.54, 1.807) is 0 Å². The number of hydrogen-bond donors (Lipinski definition) is 2. The minimum atomic E-state index is -0.264. The van der Waals surface area contributed by atoms with Crippen LogP contribution in [0.2, 0.25) is 0 Å². The van der Waals surface area contributed by atoms with E-state index in [9.17, 15) is 9.59 Å². The first-order valence-electron chi connectivity index (χ1n) is 8.34. The molecule has 0 aromatic carbocycles. The van der Waals surface area contributed by atoms with Gasteiger partial charge in [0.05, 0.1) is 11.5 Å². The monoisotopic (exact) mass is 293 g/mol. The van der Waals surface area contributed by atoms with E-state index in [2.05, 4.69) is 12.2 Å². The Morgan fingerprint density at radius 2 is 1.90 bits per heavy atom. The van der Waals surface area contributed by atoms with E-state index in [0.29, 0.717) is 19.0 Å². The number of rotatable bonds is 5. The maximum atomic E-state index is 12.6. The summed E-state index contributed by atoms with van der Waals surface area (Å²) in [7, 11) is 0. The van der Waals surface area contributed by atoms with Gasteiger partial charge in [-0.15, -0.1) is 0 Å². The second-order valence-corrected chi connectivity index (χ2v) is 7.28. The number of hydrogen-bond acceptors (Lipinski definition) is 3. The van der Waals surface area contributed by atoms with Crippen LogP contribution in [0.25, 0.3) is 0 Å². The molecule has 5 heteroatoms. The normalized spacial score (nSPS) is 28.9. The van der Waals surface area contributed by atoms with Gasteiger partial charge in [-0.1, -0.05) is 0 Å². The molecule has 5 nitrogen and oxygen atoms in total. The van der Waals surface area contributed by atoms with Crippen molar-refractivity contribution in [3.05, 3.63) is 0 Å². The summed E-state index contributed by atoms with van der Waals surface area (Å²) >= 11 is 0. The van der Waals surface area contributed by atoms with Crippen molar-refractivity contribution >= 4 is 11.8 Å². The lowest BCUT2D eigenvalue weighted by molar-refractivity contribution is -0.137. The van der Waals surface area contributed by atoms with Gasteiger partial charge in [0.25, 0.3) is 0 Å². The number of carbonyl (C=O) groups excluding carboxylic acids is 2. The quantitative estimate of drug-likeness (QED) is 0.790. The van der Waals surface area contributed by atoms with Crippen molar-refractivity contribution in [2.24, 2.45) is 23.5 Å². The summed E-state index contributed by atoms with van der Waals surface area (Å²) in [6, 6.07) is 0. The second kappa shape index (κ2) is 5.59. The van der Waals surface area contributed by atoms with Crippen molar-refractivity contribution in [3.63, 3.8) is 0 Å². The van der Waals surface area contributed by atoms with Crippen molar-refractivity contribution < 1.29 is 9.59 Å². The van der Waals surface area contributed by atoms with Crippen molar-refractivity contribution in [2.45, 2.75) is 51.0 Å². The molecule has 0 aromatic heterocycles. The maximum absolute atomic E-state index is 12.6. The van der Waals surface area contributed by atoms with E-state index in [4.69, 9.17) is 5.73 Å². The first-order valence-corrected chi connectivity index (χ1v) is 8.34. The Morgan fingerprint density at radius 1 is 1.19 bits per heavy atom. The van der Waals surface area contributed by atoms with Gasteiger partial charge in [0.2, 0.25) is 11.8 Å². The Balaban J connectivity index is 1.57. The van der Waals surface area contributed by atoms with Crippen LogP contribution in [0, 0.1) is 17.8 Å². The Hall–Kier alpha value is -1.10. The molecule has 1 aliphatic heterocycles. The topological polar surface area (TPSA) is 75.4 Å². The van der Waals surface area contributed by atoms with Gasteiger partial charge in [-0.25, -0.2) is 0 Å². The lowest BCUT2D eigenvalue weighted by atomic mass is 9.92. The lowest BCUT2D eigenvalue weighted by Gasteiger charge is -2.36. The predicted molar refractivity (Wildman–Crippen MR) is 80.4 cm³/mol. The number of carbonyl (C=O) groups is 2. The molecule has 3 aliphatic rings. The van der Waals surface area contributed by atoms with Crippen molar-refractivity contribution in [1.82, 2.24) is 10.2 Å². The van der Waals surface area contributed by atoms with E-state index in [1.165, 1.54) is 0 Å². The first kappa shape index (κ1) is 14.8. The molecule has 3 N–H and O–H groups in total. The maximum Gasteiger partial charge on any atom is 0.225 e. The smallest absolute Gasteiger partial charge is 0.225 e. The summed E-state index contributed by atoms with van der Waals surface area (Å²) in [5.74, 6) is 1.05. The van der Waals surface area contributed by atoms with Crippen LogP contribution in [0.15, 0.2) is 0 Å². The number of amides is 2. The summed E-state index contributed by atoms with van der Waals surface area (Å²) in [6.45, 7) is 3.95. The van der Waals surface area contributed by atoms with Gasteiger partial charge in [-0.2, -0.15) is 0 Å². The number of nitrogens with zero attached hydrogens (tertiary/aromatic N) is 1. The van der Waals surface area contributed by atoms with Crippen LogP contribution in [0.4, 0.5) is 0 Å². The Bertz CT molecular complexity index is 431. The molecule has 2 saturated carbocycles. The fraction of sp³-hybridized carbons (Fsp3) is 0.875. The SMILES string of the molecule is CC(CN)(NC(=O)C1CCCN(C(=O)C2CC2)C1)C1CC1. The van der Waals surface area contributed by atoms with Gasteiger partial charge in [-0.3, -0.25) is 9.59 Å². The molecule has 1 saturated heterocycles. The predicted octanol–water partition coefficient (Wildman–Crippen LogP) is 0.879. The zero-order chi connectivity index (χ0) is 15.0. The second-order valence-electron chi connectivity index (χ2n) is 7.28. The fourth-order valence-corrected chi connectivity index (χ4v) is 3.40. The van der Waals surface area contributed by atoms with Crippen molar-refractivity contribution in [1.29, 1.82) is 0 Å². The van der Waals surface area contributed by atoms with Crippen LogP contribution in [-0.2, 0) is 9.59 Å². The van der Waals surface area contributed by atoms with Crippen LogP contribution < -0.4 is 11.1 Å². The number of piperidine rings is 1. The van der Waals surface area contributed by atoms with Gasteiger partial charge in [0.1, 0.15) is 0 Å². The van der Waals surface area contributed by atoms with Crippen LogP contribution in [0.5, 0.6) is 0 Å². The molecule has 3 fully saturated rings. The van der Waals surface area contributed by atoms with Crippen LogP contribution in [-0.4, -0.2) is 41.9 Å². The van der Waals surface area contributed by atoms with E-state index >= 15 is 0 Å². The lowest BCUT2D eigenvalue weighted by Crippen LogP contribution is -2.56. The Morgan fingerprint density at radius 3 is 2.48 bits per heavy atom. The molecular weight excluding hydrogens is 266 g/mol. The summed E-state index contributed by atoms with van der Waals surface area (Å²) in [5, 5.41) is 3.18. The fourth-order valence-electron chi connectivity index (χ4n) is 3.40. The minimum Gasteiger partial charge on any atom is -0.349 e. The third kappa shape index (κ3) is 3.23. The molecule has 0 spiro atoms. The van der Waals surface area contributed by atoms with E-state index in [1.807, 2.05) is 4.90 Å². The number of likely N-dealkylation sites (tertiary alicyclic amines) is 1. The third-order valence-corrected chi connectivity index (χ3v) is 5.34. The number of nitrogens with one attached hydrogen (secondary N) is 1. The van der Waals surface area contributed by atoms with Crippen LogP contribution >= 0.6 is 0 Å². The Labute approximate surface area is 126 Å². The zero-order valence-electron chi connectivity index (χ0n) is 12.9. The van der Waals surface area contributed by atoms with Crippen LogP contribution in [0.3, 0.4) is 0 Å². The number of nitrogens with two attached hydrogens (primary N) is 1. The molecule has 21 heavy (non-hydrogen) atoms. The van der Waals surface area contributed by atoms with Gasteiger partial charge >= 0.3 is 0 Å². The van der Waals surface area contributed by atoms with Crippen LogP contribution in [0.1, 0.15) is 45.4 Å². The highest BCUT2D eigenvalue weighted by Crippen LogP contribution is 2.39. The molecule has 0 radical (unpaired) electrons. The highest BCUT2D eigenvalue weighted by Gasteiger charge is 2.43. The zero-order valence-corrected chi connectivity index (χ0v) is 12.9. The van der Waals surface area contributed by atoms with Gasteiger partial charge in [0.15, 0.2) is 0 Å². The van der Waals surface area contributed by atoms with Crippen molar-refractivity contribution in [2.75, 3.05) is 19.6 Å². The average molecular weight is 293 g/mol. The van der Waals surface area contributed by atoms with Gasteiger partial charge in [0, 0.05) is 25.6 Å². The molecular formula is C16H27N3O2. The highest BCUT2D eigenvalue weighted by molar-refractivity contribution is 5.83. The minimum absolute atomic E-state index is 0.0638. The standard InChI is InChI=1S/C16H27N3O2/c1-16(10-17,13-6-7-13)18-14(20)12-3-2-8-19(9-12)15(21)11-4-5-11/h11-13H,2-10,17H2,1H3,(H,18,20). The summed E-state index contributed by atoms with van der Waals surface area (Å²) in [6.07, 6.45) is 6.18. The molecule has 0 bridgehead atoms. The van der Waals surface area contributed by atoms with E-state index in [-0.39, 0.29) is 29.2 Å². The third-order valence-electron chi connectivity index (χ3n) is 5.34. The van der Waals surface area contributed by atoms with Gasteiger partial charge in [-0.05, 0) is 51.4 Å². The molecule has 2 atom stereocenters. The summed E-state index contributed by atoms with van der Waals surface area (Å²) in [4.78, 5) is 26.6. The molecule has 2 aliphatic carbocycles. The average Bonchev–Trinajstić information content (AvgIpc) is 3.38. The Kier molecular flexibility index (Phi) is 3.95.